The molecule has 1 fully saturated rings. The predicted molar refractivity (Wildman–Crippen MR) is 256 cm³/mol. The Hall–Kier alpha value is -4.31. The number of piperidine rings is 1. The highest BCUT2D eigenvalue weighted by Gasteiger charge is 2.27. The summed E-state index contributed by atoms with van der Waals surface area (Å²) < 4.78 is 17.1. The van der Waals surface area contributed by atoms with Crippen molar-refractivity contribution in [2.24, 2.45) is 0 Å². The van der Waals surface area contributed by atoms with E-state index in [2.05, 4.69) is 79.3 Å². The molecular formula is C47H48Br2IN7O3. The summed E-state index contributed by atoms with van der Waals surface area (Å²) >= 11 is 9.65. The molecule has 3 N–H and O–H groups in total. The number of nitrogens with one attached hydrogen (secondary N) is 1. The van der Waals surface area contributed by atoms with Crippen molar-refractivity contribution in [3.63, 3.8) is 0 Å². The minimum absolute atomic E-state index is 0.0832. The molecule has 310 valence electrons. The lowest BCUT2D eigenvalue weighted by Crippen LogP contribution is -2.35. The Balaban J connectivity index is 0.719. The summed E-state index contributed by atoms with van der Waals surface area (Å²) in [4.78, 5) is 24.2. The van der Waals surface area contributed by atoms with Gasteiger partial charge in [-0.05, 0) is 165 Å². The van der Waals surface area contributed by atoms with E-state index in [0.717, 1.165) is 114 Å². The average Bonchev–Trinajstić information content (AvgIpc) is 3.79. The Kier molecular flexibility index (Phi) is 14.2. The molecule has 60 heavy (non-hydrogen) atoms. The number of unbranched alkanes of at least 4 members (excludes halogenated alkanes) is 7. The summed E-state index contributed by atoms with van der Waals surface area (Å²) in [6.45, 7) is 3.92. The fourth-order valence-corrected chi connectivity index (χ4v) is 10.0. The van der Waals surface area contributed by atoms with Crippen LogP contribution in [-0.4, -0.2) is 56.8 Å². The number of likely N-dealkylation sites (tertiary alicyclic amines) is 1. The zero-order chi connectivity index (χ0) is 41.4. The molecule has 1 saturated heterocycles. The van der Waals surface area contributed by atoms with Crippen molar-refractivity contribution in [1.82, 2.24) is 24.6 Å². The highest BCUT2D eigenvalue weighted by Crippen LogP contribution is 2.39. The Labute approximate surface area is 381 Å². The number of rotatable bonds is 17. The van der Waals surface area contributed by atoms with Gasteiger partial charge in [-0.1, -0.05) is 56.7 Å². The van der Waals surface area contributed by atoms with Crippen molar-refractivity contribution >= 4 is 94.5 Å². The predicted octanol–water partition coefficient (Wildman–Crippen LogP) is 12.3. The smallest absolute Gasteiger partial charge is 0.256 e. The van der Waals surface area contributed by atoms with E-state index in [-0.39, 0.29) is 11.9 Å². The maximum absolute atomic E-state index is 12.7. The van der Waals surface area contributed by atoms with Crippen LogP contribution in [0.25, 0.3) is 33.9 Å². The molecule has 0 spiro atoms. The van der Waals surface area contributed by atoms with E-state index in [0.29, 0.717) is 18.0 Å². The van der Waals surface area contributed by atoms with Gasteiger partial charge in [0.15, 0.2) is 5.65 Å². The van der Waals surface area contributed by atoms with Gasteiger partial charge in [0.25, 0.3) is 5.91 Å². The van der Waals surface area contributed by atoms with Crippen LogP contribution in [0.2, 0.25) is 0 Å². The fourth-order valence-electron chi connectivity index (χ4n) is 8.09. The third-order valence-electron chi connectivity index (χ3n) is 11.2. The number of halogens is 3. The lowest BCUT2D eigenvalue weighted by atomic mass is 10.0. The number of anilines is 2. The second-order valence-electron chi connectivity index (χ2n) is 15.5. The molecule has 8 rings (SSSR count). The average molecular weight is 1050 g/mol. The molecule has 0 aliphatic carbocycles. The second kappa shape index (κ2) is 20.0. The first-order valence-corrected chi connectivity index (χ1v) is 23.5. The van der Waals surface area contributed by atoms with E-state index in [1.165, 1.54) is 38.5 Å². The molecule has 0 unspecified atom stereocenters. The summed E-state index contributed by atoms with van der Waals surface area (Å²) in [6.07, 6.45) is 15.3. The van der Waals surface area contributed by atoms with Crippen molar-refractivity contribution in [3.05, 3.63) is 115 Å². The summed E-state index contributed by atoms with van der Waals surface area (Å²) in [5, 5.41) is 8.87. The highest BCUT2D eigenvalue weighted by atomic mass is 127. The maximum atomic E-state index is 12.7. The first-order chi connectivity index (χ1) is 29.3. The van der Waals surface area contributed by atoms with E-state index in [1.807, 2.05) is 91.0 Å². The number of carbonyl (C=O) groups excluding carboxylic acids is 1. The van der Waals surface area contributed by atoms with Crippen LogP contribution >= 0.6 is 54.5 Å². The number of aromatic nitrogens is 4. The van der Waals surface area contributed by atoms with Crippen LogP contribution in [0.15, 0.2) is 100 Å². The topological polar surface area (TPSA) is 120 Å². The summed E-state index contributed by atoms with van der Waals surface area (Å²) in [5.41, 5.74) is 12.4. The van der Waals surface area contributed by atoms with Crippen LogP contribution in [0.1, 0.15) is 81.4 Å². The van der Waals surface area contributed by atoms with Gasteiger partial charge >= 0.3 is 0 Å². The highest BCUT2D eigenvalue weighted by molar-refractivity contribution is 14.1. The van der Waals surface area contributed by atoms with Gasteiger partial charge in [0.1, 0.15) is 35.1 Å². The number of nitrogens with two attached hydrogens (primary N) is 1. The Morgan fingerprint density at radius 1 is 0.833 bits per heavy atom. The lowest BCUT2D eigenvalue weighted by Gasteiger charge is -2.32. The van der Waals surface area contributed by atoms with Gasteiger partial charge in [-0.25, -0.2) is 14.6 Å². The first-order valence-electron chi connectivity index (χ1n) is 20.8. The number of nitrogens with zero attached hydrogens (tertiary/aromatic N) is 5. The number of para-hydroxylation sites is 1. The third kappa shape index (κ3) is 10.2. The van der Waals surface area contributed by atoms with Gasteiger partial charge < -0.3 is 25.4 Å². The molecule has 2 aliphatic heterocycles. The number of hydrogen-bond acceptors (Lipinski definition) is 8. The van der Waals surface area contributed by atoms with E-state index in [9.17, 15) is 4.79 Å². The number of amides is 1. The molecule has 6 aromatic rings. The molecule has 4 aromatic carbocycles. The SMILES string of the molecule is Nc1ncnc2c1c(-c1ccc(Oc3ccccc3)cc1)nn2C1CCN(CCCCCCCCCCOc2c(Br)cc(/C=C3\C(=O)Nc4ccc(I)cc43)cc2Br)CC1. The fraction of sp³-hybridized carbons (Fsp3) is 0.319. The molecule has 10 nitrogen and oxygen atoms in total. The van der Waals surface area contributed by atoms with E-state index in [4.69, 9.17) is 20.3 Å². The van der Waals surface area contributed by atoms with Crippen molar-refractivity contribution in [3.8, 4) is 28.5 Å². The third-order valence-corrected chi connectivity index (χ3v) is 13.1. The summed E-state index contributed by atoms with van der Waals surface area (Å²) in [5.74, 6) is 2.72. The first kappa shape index (κ1) is 42.4. The summed E-state index contributed by atoms with van der Waals surface area (Å²) in [6, 6.07) is 28.0. The lowest BCUT2D eigenvalue weighted by molar-refractivity contribution is -0.110. The van der Waals surface area contributed by atoms with Crippen molar-refractivity contribution < 1.29 is 14.3 Å². The largest absolute Gasteiger partial charge is 0.491 e. The van der Waals surface area contributed by atoms with Crippen LogP contribution in [0.3, 0.4) is 0 Å². The van der Waals surface area contributed by atoms with E-state index in [1.54, 1.807) is 6.33 Å². The number of hydrogen-bond donors (Lipinski definition) is 2. The molecule has 0 bridgehead atoms. The monoisotopic (exact) mass is 1040 g/mol. The minimum Gasteiger partial charge on any atom is -0.491 e. The quantitative estimate of drug-likeness (QED) is 0.0526. The Morgan fingerprint density at radius 2 is 1.52 bits per heavy atom. The standard InChI is InChI=1S/C47H48Br2IN7O3/c48-39-27-31(26-38-37-29-33(50)16-19-41(37)54-47(38)58)28-40(49)44(39)59-25-11-6-4-2-1-3-5-10-22-56-23-20-34(21-24-56)57-46-42(45(51)52-30-53-46)43(55-57)32-14-17-36(18-15-32)60-35-12-8-7-9-13-35/h7-9,12-19,26-30,34H,1-6,10-11,20-25H2,(H,54,58)(H2,51,52,53)/b38-26-. The normalized spacial score (nSPS) is 15.1. The molecule has 2 aliphatic rings. The molecule has 1 amide bonds. The van der Waals surface area contributed by atoms with Crippen LogP contribution in [-0.2, 0) is 4.79 Å². The van der Waals surface area contributed by atoms with Crippen LogP contribution in [0, 0.1) is 3.57 Å². The number of nitrogen functional groups attached to an aromatic ring is 1. The summed E-state index contributed by atoms with van der Waals surface area (Å²) in [7, 11) is 0. The molecule has 13 heteroatoms. The van der Waals surface area contributed by atoms with E-state index >= 15 is 0 Å². The zero-order valence-corrected chi connectivity index (χ0v) is 38.7. The van der Waals surface area contributed by atoms with Crippen molar-refractivity contribution in [1.29, 1.82) is 0 Å². The maximum Gasteiger partial charge on any atom is 0.256 e. The second-order valence-corrected chi connectivity index (χ2v) is 18.4. The Morgan fingerprint density at radius 3 is 2.25 bits per heavy atom. The number of fused-ring (bicyclic) bond motifs is 2. The molecule has 2 aromatic heterocycles. The molecule has 4 heterocycles. The van der Waals surface area contributed by atoms with Crippen molar-refractivity contribution in [2.45, 2.75) is 70.3 Å². The zero-order valence-electron chi connectivity index (χ0n) is 33.4. The molecule has 0 radical (unpaired) electrons. The molecule has 0 saturated carbocycles. The number of benzene rings is 4. The molecular weight excluding hydrogens is 997 g/mol. The van der Waals surface area contributed by atoms with Gasteiger partial charge in [-0.3, -0.25) is 4.79 Å². The van der Waals surface area contributed by atoms with Gasteiger partial charge in [0.2, 0.25) is 0 Å². The van der Waals surface area contributed by atoms with Crippen LogP contribution < -0.4 is 20.5 Å². The van der Waals surface area contributed by atoms with Gasteiger partial charge in [-0.2, -0.15) is 5.10 Å². The number of carbonyl (C=O) groups is 1. The molecule has 0 atom stereocenters. The van der Waals surface area contributed by atoms with Gasteiger partial charge in [-0.15, -0.1) is 0 Å². The Bertz CT molecular complexity index is 2450. The number of ether oxygens (including phenoxy) is 2. The van der Waals surface area contributed by atoms with E-state index < -0.39 is 0 Å². The van der Waals surface area contributed by atoms with Crippen LogP contribution in [0.5, 0.6) is 17.2 Å². The van der Waals surface area contributed by atoms with Crippen molar-refractivity contribution in [2.75, 3.05) is 37.3 Å². The minimum atomic E-state index is -0.0832. The van der Waals surface area contributed by atoms with Gasteiger partial charge in [0.05, 0.1) is 27.0 Å². The van der Waals surface area contributed by atoms with Gasteiger partial charge in [0, 0.05) is 39.0 Å². The van der Waals surface area contributed by atoms with Crippen LogP contribution in [0.4, 0.5) is 11.5 Å².